The summed E-state index contributed by atoms with van der Waals surface area (Å²) in [5.41, 5.74) is 1.69. The summed E-state index contributed by atoms with van der Waals surface area (Å²) in [7, 11) is 0. The number of amides is 3. The Bertz CT molecular complexity index is 964. The van der Waals surface area contributed by atoms with Crippen molar-refractivity contribution in [3.05, 3.63) is 94.7 Å². The first-order chi connectivity index (χ1) is 14.0. The van der Waals surface area contributed by atoms with E-state index in [0.29, 0.717) is 16.9 Å². The number of hydrogen-bond donors (Lipinski definition) is 2. The van der Waals surface area contributed by atoms with E-state index in [1.807, 2.05) is 18.2 Å². The molecule has 0 spiro atoms. The topological polar surface area (TPSA) is 61.4 Å². The molecule has 0 atom stereocenters. The number of nitrogens with zero attached hydrogens (tertiary/aromatic N) is 1. The third kappa shape index (κ3) is 5.89. The Kier molecular flexibility index (Phi) is 6.97. The maximum Gasteiger partial charge on any atom is 0.326 e. The molecule has 0 aliphatic rings. The van der Waals surface area contributed by atoms with Crippen LogP contribution in [0.3, 0.4) is 0 Å². The lowest BCUT2D eigenvalue weighted by Crippen LogP contribution is -2.41. The van der Waals surface area contributed by atoms with Gasteiger partial charge in [-0.1, -0.05) is 34.1 Å². The number of nitrogens with one attached hydrogen (secondary N) is 2. The molecule has 3 aromatic carbocycles. The third-order valence-electron chi connectivity index (χ3n) is 4.14. The molecule has 3 amide bonds. The Labute approximate surface area is 176 Å². The zero-order valence-corrected chi connectivity index (χ0v) is 17.0. The van der Waals surface area contributed by atoms with Crippen LogP contribution in [0.1, 0.15) is 10.4 Å². The highest BCUT2D eigenvalue weighted by atomic mass is 79.9. The van der Waals surface area contributed by atoms with Crippen LogP contribution in [0.2, 0.25) is 0 Å². The largest absolute Gasteiger partial charge is 0.350 e. The van der Waals surface area contributed by atoms with Crippen LogP contribution in [0, 0.1) is 5.82 Å². The lowest BCUT2D eigenvalue weighted by Gasteiger charge is -2.23. The molecule has 0 bridgehead atoms. The summed E-state index contributed by atoms with van der Waals surface area (Å²) >= 11 is 3.33. The SMILES string of the molecule is O=C(NCCN(C(=O)Nc1ccccc1)c1ccc(F)cc1)c1ccc(Br)cc1. The van der Waals surface area contributed by atoms with Crippen LogP contribution < -0.4 is 15.5 Å². The van der Waals surface area contributed by atoms with Crippen LogP contribution in [0.4, 0.5) is 20.6 Å². The molecule has 0 aliphatic carbocycles. The van der Waals surface area contributed by atoms with Crippen LogP contribution in [-0.2, 0) is 0 Å². The monoisotopic (exact) mass is 455 g/mol. The van der Waals surface area contributed by atoms with Gasteiger partial charge in [0.15, 0.2) is 0 Å². The van der Waals surface area contributed by atoms with Gasteiger partial charge in [0, 0.05) is 34.5 Å². The van der Waals surface area contributed by atoms with Crippen LogP contribution >= 0.6 is 15.9 Å². The Morgan fingerprint density at radius 3 is 2.21 bits per heavy atom. The van der Waals surface area contributed by atoms with Gasteiger partial charge in [0.25, 0.3) is 5.91 Å². The van der Waals surface area contributed by atoms with Crippen LogP contribution in [0.15, 0.2) is 83.3 Å². The van der Waals surface area contributed by atoms with Gasteiger partial charge in [0.05, 0.1) is 0 Å². The highest BCUT2D eigenvalue weighted by Crippen LogP contribution is 2.17. The van der Waals surface area contributed by atoms with Crippen molar-refractivity contribution in [3.8, 4) is 0 Å². The second-order valence-electron chi connectivity index (χ2n) is 6.19. The number of rotatable bonds is 6. The molecule has 3 rings (SSSR count). The number of carbonyl (C=O) groups is 2. The van der Waals surface area contributed by atoms with Crippen molar-refractivity contribution in [2.24, 2.45) is 0 Å². The minimum Gasteiger partial charge on any atom is -0.350 e. The lowest BCUT2D eigenvalue weighted by atomic mass is 10.2. The first kappa shape index (κ1) is 20.5. The van der Waals surface area contributed by atoms with Gasteiger partial charge in [0.1, 0.15) is 5.82 Å². The van der Waals surface area contributed by atoms with Crippen molar-refractivity contribution >= 4 is 39.2 Å². The maximum absolute atomic E-state index is 13.3. The highest BCUT2D eigenvalue weighted by molar-refractivity contribution is 9.10. The van der Waals surface area contributed by atoms with Crippen molar-refractivity contribution in [2.75, 3.05) is 23.3 Å². The first-order valence-corrected chi connectivity index (χ1v) is 9.75. The minimum atomic E-state index is -0.388. The van der Waals surface area contributed by atoms with E-state index < -0.39 is 0 Å². The molecule has 0 aromatic heterocycles. The predicted molar refractivity (Wildman–Crippen MR) is 116 cm³/mol. The van der Waals surface area contributed by atoms with Crippen LogP contribution in [-0.4, -0.2) is 25.0 Å². The standard InChI is InChI=1S/C22H19BrFN3O2/c23-17-8-6-16(7-9-17)21(28)25-14-15-27(20-12-10-18(24)11-13-20)22(29)26-19-4-2-1-3-5-19/h1-13H,14-15H2,(H,25,28)(H,26,29). The van der Waals surface area contributed by atoms with Crippen molar-refractivity contribution in [2.45, 2.75) is 0 Å². The molecule has 0 heterocycles. The van der Waals surface area contributed by atoms with Gasteiger partial charge in [-0.25, -0.2) is 9.18 Å². The highest BCUT2D eigenvalue weighted by Gasteiger charge is 2.16. The number of para-hydroxylation sites is 1. The Morgan fingerprint density at radius 2 is 1.55 bits per heavy atom. The van der Waals surface area contributed by atoms with Gasteiger partial charge < -0.3 is 10.6 Å². The predicted octanol–water partition coefficient (Wildman–Crippen LogP) is 5.06. The van der Waals surface area contributed by atoms with Crippen LogP contribution in [0.5, 0.6) is 0 Å². The molecule has 0 fully saturated rings. The average molecular weight is 456 g/mol. The van der Waals surface area contributed by atoms with Gasteiger partial charge in [-0.05, 0) is 60.7 Å². The number of anilines is 2. The molecule has 0 saturated heterocycles. The zero-order chi connectivity index (χ0) is 20.6. The van der Waals surface area contributed by atoms with E-state index in [9.17, 15) is 14.0 Å². The summed E-state index contributed by atoms with van der Waals surface area (Å²) in [6.07, 6.45) is 0. The average Bonchev–Trinajstić information content (AvgIpc) is 2.73. The molecule has 2 N–H and O–H groups in total. The molecular formula is C22H19BrFN3O2. The molecule has 0 aliphatic heterocycles. The second-order valence-corrected chi connectivity index (χ2v) is 7.10. The van der Waals surface area contributed by atoms with Crippen molar-refractivity contribution in [1.29, 1.82) is 0 Å². The van der Waals surface area contributed by atoms with Crippen molar-refractivity contribution in [1.82, 2.24) is 5.32 Å². The molecule has 0 saturated carbocycles. The smallest absolute Gasteiger partial charge is 0.326 e. The van der Waals surface area contributed by atoms with Gasteiger partial charge in [-0.2, -0.15) is 0 Å². The zero-order valence-electron chi connectivity index (χ0n) is 15.4. The summed E-state index contributed by atoms with van der Waals surface area (Å²) in [4.78, 5) is 26.5. The molecular weight excluding hydrogens is 437 g/mol. The van der Waals surface area contributed by atoms with E-state index in [1.165, 1.54) is 29.2 Å². The van der Waals surface area contributed by atoms with E-state index in [2.05, 4.69) is 26.6 Å². The quantitative estimate of drug-likeness (QED) is 0.545. The Morgan fingerprint density at radius 1 is 0.897 bits per heavy atom. The number of carbonyl (C=O) groups excluding carboxylic acids is 2. The summed E-state index contributed by atoms with van der Waals surface area (Å²) < 4.78 is 14.2. The second kappa shape index (κ2) is 9.84. The van der Waals surface area contributed by atoms with Crippen molar-refractivity contribution < 1.29 is 14.0 Å². The molecule has 3 aromatic rings. The van der Waals surface area contributed by atoms with E-state index in [1.54, 1.807) is 36.4 Å². The molecule has 0 radical (unpaired) electrons. The van der Waals surface area contributed by atoms with E-state index >= 15 is 0 Å². The molecule has 0 unspecified atom stereocenters. The van der Waals surface area contributed by atoms with Gasteiger partial charge >= 0.3 is 6.03 Å². The Hall–Kier alpha value is -3.19. The minimum absolute atomic E-state index is 0.215. The van der Waals surface area contributed by atoms with E-state index in [-0.39, 0.29) is 30.8 Å². The van der Waals surface area contributed by atoms with Gasteiger partial charge in [-0.3, -0.25) is 9.69 Å². The number of urea groups is 1. The first-order valence-electron chi connectivity index (χ1n) is 8.96. The lowest BCUT2D eigenvalue weighted by molar-refractivity contribution is 0.0954. The molecule has 5 nitrogen and oxygen atoms in total. The normalized spacial score (nSPS) is 10.3. The van der Waals surface area contributed by atoms with Crippen molar-refractivity contribution in [3.63, 3.8) is 0 Å². The molecule has 29 heavy (non-hydrogen) atoms. The maximum atomic E-state index is 13.3. The number of benzene rings is 3. The molecule has 7 heteroatoms. The van der Waals surface area contributed by atoms with Gasteiger partial charge in [0.2, 0.25) is 0 Å². The summed E-state index contributed by atoms with van der Waals surface area (Å²) in [5, 5.41) is 5.61. The summed E-state index contributed by atoms with van der Waals surface area (Å²) in [6, 6.07) is 21.3. The third-order valence-corrected chi connectivity index (χ3v) is 4.66. The number of hydrogen-bond acceptors (Lipinski definition) is 2. The molecule has 148 valence electrons. The fourth-order valence-corrected chi connectivity index (χ4v) is 2.93. The van der Waals surface area contributed by atoms with E-state index in [4.69, 9.17) is 0 Å². The Balaban J connectivity index is 1.67. The van der Waals surface area contributed by atoms with E-state index in [0.717, 1.165) is 4.47 Å². The summed E-state index contributed by atoms with van der Waals surface area (Å²) in [5.74, 6) is -0.624. The van der Waals surface area contributed by atoms with Gasteiger partial charge in [-0.15, -0.1) is 0 Å². The fraction of sp³-hybridized carbons (Fsp3) is 0.0909. The fourth-order valence-electron chi connectivity index (χ4n) is 2.67. The summed E-state index contributed by atoms with van der Waals surface area (Å²) in [6.45, 7) is 0.445. The number of halogens is 2. The van der Waals surface area contributed by atoms with Crippen LogP contribution in [0.25, 0.3) is 0 Å².